The first kappa shape index (κ1) is 19.1. The number of ether oxygens (including phenoxy) is 1. The fraction of sp³-hybridized carbons (Fsp3) is 0.364. The number of carbonyl (C=O) groups excluding carboxylic acids is 1. The second kappa shape index (κ2) is 6.57. The van der Waals surface area contributed by atoms with Crippen molar-refractivity contribution in [2.75, 3.05) is 24.0 Å². The van der Waals surface area contributed by atoms with Crippen LogP contribution in [0.5, 0.6) is 5.75 Å². The van der Waals surface area contributed by atoms with Crippen molar-refractivity contribution in [1.82, 2.24) is 9.55 Å². The minimum atomic E-state index is -3.14. The SMILES string of the molecule is COc1cccc2c1cc(CN1C(=O)C3(CC3)c3ccncc31)n2CCS(C)(=O)=O. The normalized spacial score (nSPS) is 17.0. The molecule has 1 amide bonds. The molecule has 1 aromatic carbocycles. The fourth-order valence-electron chi connectivity index (χ4n) is 4.56. The van der Waals surface area contributed by atoms with Crippen LogP contribution in [-0.4, -0.2) is 43.0 Å². The van der Waals surface area contributed by atoms with Gasteiger partial charge in [-0.1, -0.05) is 6.07 Å². The van der Waals surface area contributed by atoms with E-state index in [0.29, 0.717) is 13.1 Å². The Hall–Kier alpha value is -2.87. The van der Waals surface area contributed by atoms with Crippen LogP contribution in [0.15, 0.2) is 42.7 Å². The number of sulfone groups is 1. The molecule has 0 radical (unpaired) electrons. The Morgan fingerprint density at radius 3 is 2.73 bits per heavy atom. The maximum Gasteiger partial charge on any atom is 0.238 e. The standard InChI is InChI=1S/C22H23N3O4S/c1-29-20-5-3-4-18-16(20)12-15(24(18)10-11-30(2,27)28)14-25-19-13-23-9-6-17(19)22(7-8-22)21(25)26/h3-6,9,12-13H,7-8,10-11,14H2,1-2H3. The van der Waals surface area contributed by atoms with Gasteiger partial charge in [0.1, 0.15) is 15.6 Å². The lowest BCUT2D eigenvalue weighted by Gasteiger charge is -2.19. The largest absolute Gasteiger partial charge is 0.496 e. The number of anilines is 1. The van der Waals surface area contributed by atoms with Crippen LogP contribution in [0.1, 0.15) is 24.1 Å². The van der Waals surface area contributed by atoms with E-state index >= 15 is 0 Å². The molecule has 3 heterocycles. The minimum absolute atomic E-state index is 0.0248. The Labute approximate surface area is 175 Å². The number of pyridine rings is 1. The maximum atomic E-state index is 13.3. The molecule has 1 aliphatic heterocycles. The molecular formula is C22H23N3O4S. The van der Waals surface area contributed by atoms with Crippen LogP contribution >= 0.6 is 0 Å². The maximum absolute atomic E-state index is 13.3. The Balaban J connectivity index is 1.60. The van der Waals surface area contributed by atoms with E-state index in [1.165, 1.54) is 6.26 Å². The van der Waals surface area contributed by atoms with Crippen LogP contribution in [0, 0.1) is 0 Å². The molecule has 1 aliphatic carbocycles. The van der Waals surface area contributed by atoms with Gasteiger partial charge in [-0.3, -0.25) is 9.78 Å². The van der Waals surface area contributed by atoms with Gasteiger partial charge in [-0.2, -0.15) is 0 Å². The predicted octanol–water partition coefficient (Wildman–Crippen LogP) is 2.67. The molecule has 2 aromatic heterocycles. The topological polar surface area (TPSA) is 81.5 Å². The molecule has 8 heteroatoms. The number of amides is 1. The second-order valence-corrected chi connectivity index (χ2v) is 10.4. The molecule has 7 nitrogen and oxygen atoms in total. The van der Waals surface area contributed by atoms with Gasteiger partial charge in [0.05, 0.1) is 42.2 Å². The van der Waals surface area contributed by atoms with E-state index < -0.39 is 9.84 Å². The molecule has 0 unspecified atom stereocenters. The average molecular weight is 426 g/mol. The molecule has 1 spiro atoms. The zero-order valence-electron chi connectivity index (χ0n) is 17.0. The number of aromatic nitrogens is 2. The van der Waals surface area contributed by atoms with E-state index in [2.05, 4.69) is 4.98 Å². The number of rotatable bonds is 6. The summed E-state index contributed by atoms with van der Waals surface area (Å²) in [6.45, 7) is 0.679. The third kappa shape index (κ3) is 2.89. The van der Waals surface area contributed by atoms with Crippen molar-refractivity contribution in [3.8, 4) is 5.75 Å². The van der Waals surface area contributed by atoms with Crippen LogP contribution < -0.4 is 9.64 Å². The molecule has 0 atom stereocenters. The number of carbonyl (C=O) groups is 1. The van der Waals surface area contributed by atoms with E-state index in [-0.39, 0.29) is 17.1 Å². The number of benzene rings is 1. The Bertz CT molecular complexity index is 1270. The number of hydrogen-bond acceptors (Lipinski definition) is 5. The van der Waals surface area contributed by atoms with Gasteiger partial charge in [0.15, 0.2) is 0 Å². The van der Waals surface area contributed by atoms with E-state index in [0.717, 1.165) is 46.4 Å². The highest BCUT2D eigenvalue weighted by atomic mass is 32.2. The number of methoxy groups -OCH3 is 1. The quantitative estimate of drug-likeness (QED) is 0.607. The van der Waals surface area contributed by atoms with Gasteiger partial charge in [0.25, 0.3) is 0 Å². The van der Waals surface area contributed by atoms with Gasteiger partial charge in [0.2, 0.25) is 5.91 Å². The van der Waals surface area contributed by atoms with Crippen LogP contribution in [0.3, 0.4) is 0 Å². The molecule has 2 aliphatic rings. The van der Waals surface area contributed by atoms with Crippen molar-refractivity contribution in [2.45, 2.75) is 31.3 Å². The van der Waals surface area contributed by atoms with Gasteiger partial charge < -0.3 is 14.2 Å². The van der Waals surface area contributed by atoms with Gasteiger partial charge in [-0.25, -0.2) is 8.42 Å². The van der Waals surface area contributed by atoms with E-state index in [1.54, 1.807) is 24.4 Å². The summed E-state index contributed by atoms with van der Waals surface area (Å²) < 4.78 is 31.2. The van der Waals surface area contributed by atoms with E-state index in [1.807, 2.05) is 34.9 Å². The molecule has 156 valence electrons. The zero-order valence-corrected chi connectivity index (χ0v) is 17.8. The molecule has 30 heavy (non-hydrogen) atoms. The third-order valence-corrected chi connectivity index (χ3v) is 7.15. The predicted molar refractivity (Wildman–Crippen MR) is 115 cm³/mol. The van der Waals surface area contributed by atoms with Gasteiger partial charge in [-0.05, 0) is 42.7 Å². The fourth-order valence-corrected chi connectivity index (χ4v) is 5.07. The number of fused-ring (bicyclic) bond motifs is 3. The van der Waals surface area contributed by atoms with Crippen molar-refractivity contribution in [3.05, 3.63) is 54.0 Å². The first-order valence-corrected chi connectivity index (χ1v) is 12.0. The van der Waals surface area contributed by atoms with Crippen LogP contribution in [-0.2, 0) is 33.1 Å². The molecular weight excluding hydrogens is 402 g/mol. The summed E-state index contributed by atoms with van der Waals surface area (Å²) in [6.07, 6.45) is 6.46. The molecule has 0 bridgehead atoms. The highest BCUT2D eigenvalue weighted by molar-refractivity contribution is 7.90. The Morgan fingerprint density at radius 1 is 1.23 bits per heavy atom. The first-order valence-electron chi connectivity index (χ1n) is 9.93. The molecule has 0 N–H and O–H groups in total. The van der Waals surface area contributed by atoms with Crippen molar-refractivity contribution in [3.63, 3.8) is 0 Å². The Kier molecular flexibility index (Phi) is 4.18. The summed E-state index contributed by atoms with van der Waals surface area (Å²) in [5.41, 5.74) is 3.29. The van der Waals surface area contributed by atoms with Gasteiger partial charge >= 0.3 is 0 Å². The summed E-state index contributed by atoms with van der Waals surface area (Å²) in [7, 11) is -1.52. The zero-order chi connectivity index (χ0) is 21.1. The highest BCUT2D eigenvalue weighted by Crippen LogP contribution is 2.57. The Morgan fingerprint density at radius 2 is 2.03 bits per heavy atom. The van der Waals surface area contributed by atoms with Crippen molar-refractivity contribution in [2.24, 2.45) is 0 Å². The van der Waals surface area contributed by atoms with E-state index in [4.69, 9.17) is 4.74 Å². The molecule has 0 saturated heterocycles. The van der Waals surface area contributed by atoms with Crippen LogP contribution in [0.2, 0.25) is 0 Å². The molecule has 1 saturated carbocycles. The smallest absolute Gasteiger partial charge is 0.238 e. The summed E-state index contributed by atoms with van der Waals surface area (Å²) in [4.78, 5) is 19.3. The lowest BCUT2D eigenvalue weighted by atomic mass is 9.99. The second-order valence-electron chi connectivity index (χ2n) is 8.18. The van der Waals surface area contributed by atoms with Gasteiger partial charge in [0, 0.05) is 30.1 Å². The average Bonchev–Trinajstić information content (AvgIpc) is 3.40. The van der Waals surface area contributed by atoms with Gasteiger partial charge in [-0.15, -0.1) is 0 Å². The van der Waals surface area contributed by atoms with Crippen LogP contribution in [0.4, 0.5) is 5.69 Å². The van der Waals surface area contributed by atoms with Crippen LogP contribution in [0.25, 0.3) is 10.9 Å². The summed E-state index contributed by atoms with van der Waals surface area (Å²) in [5, 5.41) is 0.905. The van der Waals surface area contributed by atoms with Crippen molar-refractivity contribution >= 4 is 32.3 Å². The van der Waals surface area contributed by atoms with Crippen molar-refractivity contribution < 1.29 is 17.9 Å². The molecule has 5 rings (SSSR count). The lowest BCUT2D eigenvalue weighted by Crippen LogP contribution is -2.32. The lowest BCUT2D eigenvalue weighted by molar-refractivity contribution is -0.120. The summed E-state index contributed by atoms with van der Waals surface area (Å²) in [6, 6.07) is 9.67. The van der Waals surface area contributed by atoms with Crippen molar-refractivity contribution in [1.29, 1.82) is 0 Å². The monoisotopic (exact) mass is 425 g/mol. The first-order chi connectivity index (χ1) is 14.3. The number of hydrogen-bond donors (Lipinski definition) is 0. The number of nitrogens with zero attached hydrogens (tertiary/aromatic N) is 3. The number of aryl methyl sites for hydroxylation is 1. The third-order valence-electron chi connectivity index (χ3n) is 6.23. The highest BCUT2D eigenvalue weighted by Gasteiger charge is 2.59. The summed E-state index contributed by atoms with van der Waals surface area (Å²) in [5.74, 6) is 0.856. The van der Waals surface area contributed by atoms with E-state index in [9.17, 15) is 13.2 Å². The molecule has 3 aromatic rings. The minimum Gasteiger partial charge on any atom is -0.496 e. The summed E-state index contributed by atoms with van der Waals surface area (Å²) >= 11 is 0. The molecule has 1 fully saturated rings.